The molecule has 1 aromatic heterocycles. The molecule has 0 spiro atoms. The minimum absolute atomic E-state index is 0.907. The maximum absolute atomic E-state index is 5.18. The topological polar surface area (TPSA) is 27.1 Å². The van der Waals surface area contributed by atoms with Crippen LogP contribution in [0.3, 0.4) is 0 Å². The summed E-state index contributed by atoms with van der Waals surface area (Å²) in [7, 11) is 1.69. The molecule has 4 heteroatoms. The molecule has 0 aliphatic carbocycles. The van der Waals surface area contributed by atoms with Gasteiger partial charge in [-0.25, -0.2) is 0 Å². The Morgan fingerprint density at radius 2 is 1.85 bits per heavy atom. The Morgan fingerprint density at radius 3 is 2.40 bits per heavy atom. The zero-order valence-electron chi connectivity index (χ0n) is 12.3. The van der Waals surface area contributed by atoms with E-state index in [1.54, 1.807) is 7.11 Å². The van der Waals surface area contributed by atoms with Crippen LogP contribution in [0.5, 0.6) is 5.75 Å². The lowest BCUT2D eigenvalue weighted by molar-refractivity contribution is 0.414. The van der Waals surface area contributed by atoms with Crippen LogP contribution in [0.25, 0.3) is 0 Å². The Hall–Kier alpha value is -1.04. The molecule has 0 bridgehead atoms. The SMILES string of the molecule is CCc1nn(CCc2ccc(OC)cc2)c(CC)c1I. The number of methoxy groups -OCH3 is 1. The smallest absolute Gasteiger partial charge is 0.118 e. The van der Waals surface area contributed by atoms with Crippen LogP contribution < -0.4 is 4.74 Å². The first kappa shape index (κ1) is 15.4. The molecule has 0 fully saturated rings. The minimum Gasteiger partial charge on any atom is -0.497 e. The highest BCUT2D eigenvalue weighted by Gasteiger charge is 2.12. The molecule has 1 aromatic carbocycles. The van der Waals surface area contributed by atoms with Gasteiger partial charge in [-0.1, -0.05) is 26.0 Å². The largest absolute Gasteiger partial charge is 0.497 e. The van der Waals surface area contributed by atoms with Crippen molar-refractivity contribution in [2.24, 2.45) is 0 Å². The second kappa shape index (κ2) is 7.11. The van der Waals surface area contributed by atoms with Crippen LogP contribution in [0, 0.1) is 3.57 Å². The first-order chi connectivity index (χ1) is 9.69. The molecule has 20 heavy (non-hydrogen) atoms. The zero-order valence-corrected chi connectivity index (χ0v) is 14.5. The van der Waals surface area contributed by atoms with Crippen molar-refractivity contribution in [1.82, 2.24) is 9.78 Å². The Kier molecular flexibility index (Phi) is 5.46. The van der Waals surface area contributed by atoms with E-state index in [1.807, 2.05) is 12.1 Å². The van der Waals surface area contributed by atoms with Crippen molar-refractivity contribution in [3.8, 4) is 5.75 Å². The maximum atomic E-state index is 5.18. The van der Waals surface area contributed by atoms with Crippen molar-refractivity contribution in [3.05, 3.63) is 44.8 Å². The highest BCUT2D eigenvalue weighted by molar-refractivity contribution is 14.1. The summed E-state index contributed by atoms with van der Waals surface area (Å²) >= 11 is 2.43. The third kappa shape index (κ3) is 3.34. The summed E-state index contributed by atoms with van der Waals surface area (Å²) in [4.78, 5) is 0. The summed E-state index contributed by atoms with van der Waals surface area (Å²) in [6, 6.07) is 8.28. The van der Waals surface area contributed by atoms with Crippen molar-refractivity contribution in [2.75, 3.05) is 7.11 Å². The molecular weight excluding hydrogens is 363 g/mol. The molecular formula is C16H21IN2O. The van der Waals surface area contributed by atoms with Crippen LogP contribution in [-0.4, -0.2) is 16.9 Å². The highest BCUT2D eigenvalue weighted by Crippen LogP contribution is 2.19. The van der Waals surface area contributed by atoms with Gasteiger partial charge in [-0.15, -0.1) is 0 Å². The van der Waals surface area contributed by atoms with Crippen LogP contribution in [-0.2, 0) is 25.8 Å². The van der Waals surface area contributed by atoms with Gasteiger partial charge in [-0.05, 0) is 59.5 Å². The number of hydrogen-bond acceptors (Lipinski definition) is 2. The standard InChI is InChI=1S/C16H21IN2O/c1-4-14-16(17)15(5-2)19(18-14)11-10-12-6-8-13(20-3)9-7-12/h6-9H,4-5,10-11H2,1-3H3. The summed E-state index contributed by atoms with van der Waals surface area (Å²) in [5.74, 6) is 0.907. The van der Waals surface area contributed by atoms with Gasteiger partial charge in [0.1, 0.15) is 5.75 Å². The lowest BCUT2D eigenvalue weighted by Crippen LogP contribution is -2.07. The Balaban J connectivity index is 2.09. The fourth-order valence-electron chi connectivity index (χ4n) is 2.31. The number of ether oxygens (including phenoxy) is 1. The summed E-state index contributed by atoms with van der Waals surface area (Å²) in [5.41, 5.74) is 3.89. The van der Waals surface area contributed by atoms with Gasteiger partial charge in [0, 0.05) is 6.54 Å². The molecule has 0 atom stereocenters. The Bertz CT molecular complexity index is 561. The normalized spacial score (nSPS) is 10.8. The average molecular weight is 384 g/mol. The second-order valence-corrected chi connectivity index (χ2v) is 5.81. The monoisotopic (exact) mass is 384 g/mol. The van der Waals surface area contributed by atoms with E-state index < -0.39 is 0 Å². The highest BCUT2D eigenvalue weighted by atomic mass is 127. The van der Waals surface area contributed by atoms with E-state index in [2.05, 4.69) is 53.3 Å². The molecule has 1 heterocycles. The van der Waals surface area contributed by atoms with Gasteiger partial charge in [0.15, 0.2) is 0 Å². The van der Waals surface area contributed by atoms with Crippen LogP contribution in [0.1, 0.15) is 30.8 Å². The molecule has 0 aliphatic heterocycles. The molecule has 0 radical (unpaired) electrons. The lowest BCUT2D eigenvalue weighted by Gasteiger charge is -2.07. The number of hydrogen-bond donors (Lipinski definition) is 0. The lowest BCUT2D eigenvalue weighted by atomic mass is 10.1. The summed E-state index contributed by atoms with van der Waals surface area (Å²) in [5, 5.41) is 4.73. The fraction of sp³-hybridized carbons (Fsp3) is 0.438. The van der Waals surface area contributed by atoms with Crippen LogP contribution in [0.2, 0.25) is 0 Å². The van der Waals surface area contributed by atoms with E-state index in [4.69, 9.17) is 9.84 Å². The maximum Gasteiger partial charge on any atom is 0.118 e. The summed E-state index contributed by atoms with van der Waals surface area (Å²) < 4.78 is 8.69. The van der Waals surface area contributed by atoms with Gasteiger partial charge in [-0.2, -0.15) is 5.10 Å². The van der Waals surface area contributed by atoms with E-state index >= 15 is 0 Å². The van der Waals surface area contributed by atoms with Gasteiger partial charge >= 0.3 is 0 Å². The Labute approximate surface area is 134 Å². The number of aryl methyl sites for hydroxylation is 3. The van der Waals surface area contributed by atoms with Gasteiger partial charge in [0.2, 0.25) is 0 Å². The van der Waals surface area contributed by atoms with Crippen molar-refractivity contribution < 1.29 is 4.74 Å². The van der Waals surface area contributed by atoms with Crippen molar-refractivity contribution in [3.63, 3.8) is 0 Å². The molecule has 0 saturated heterocycles. The van der Waals surface area contributed by atoms with Crippen molar-refractivity contribution in [2.45, 2.75) is 39.7 Å². The molecule has 2 rings (SSSR count). The first-order valence-electron chi connectivity index (χ1n) is 7.06. The molecule has 2 aromatic rings. The predicted octanol–water partition coefficient (Wildman–Crippen LogP) is 3.86. The van der Waals surface area contributed by atoms with Gasteiger partial charge in [-0.3, -0.25) is 4.68 Å². The van der Waals surface area contributed by atoms with Gasteiger partial charge in [0.25, 0.3) is 0 Å². The average Bonchev–Trinajstić information content (AvgIpc) is 2.81. The molecule has 3 nitrogen and oxygen atoms in total. The van der Waals surface area contributed by atoms with E-state index in [0.29, 0.717) is 0 Å². The number of nitrogens with zero attached hydrogens (tertiary/aromatic N) is 2. The third-order valence-electron chi connectivity index (χ3n) is 3.50. The number of aromatic nitrogens is 2. The quantitative estimate of drug-likeness (QED) is 0.708. The van der Waals surface area contributed by atoms with Gasteiger partial charge < -0.3 is 4.74 Å². The number of halogens is 1. The Morgan fingerprint density at radius 1 is 1.15 bits per heavy atom. The molecule has 0 saturated carbocycles. The number of benzene rings is 1. The van der Waals surface area contributed by atoms with Crippen molar-refractivity contribution >= 4 is 22.6 Å². The van der Waals surface area contributed by atoms with Crippen LogP contribution >= 0.6 is 22.6 Å². The van der Waals surface area contributed by atoms with E-state index in [1.165, 1.54) is 20.5 Å². The molecule has 0 aliphatic rings. The fourth-order valence-corrected chi connectivity index (χ4v) is 3.45. The zero-order chi connectivity index (χ0) is 14.5. The third-order valence-corrected chi connectivity index (χ3v) is 4.75. The van der Waals surface area contributed by atoms with E-state index in [-0.39, 0.29) is 0 Å². The molecule has 0 N–H and O–H groups in total. The molecule has 108 valence electrons. The van der Waals surface area contributed by atoms with Crippen LogP contribution in [0.15, 0.2) is 24.3 Å². The van der Waals surface area contributed by atoms with Crippen molar-refractivity contribution in [1.29, 1.82) is 0 Å². The van der Waals surface area contributed by atoms with Gasteiger partial charge in [0.05, 0.1) is 22.1 Å². The molecule has 0 amide bonds. The number of rotatable bonds is 6. The molecule has 0 unspecified atom stereocenters. The van der Waals surface area contributed by atoms with E-state index in [0.717, 1.165) is 31.6 Å². The minimum atomic E-state index is 0.907. The summed E-state index contributed by atoms with van der Waals surface area (Å²) in [6.45, 7) is 5.30. The van der Waals surface area contributed by atoms with Crippen LogP contribution in [0.4, 0.5) is 0 Å². The predicted molar refractivity (Wildman–Crippen MR) is 90.4 cm³/mol. The second-order valence-electron chi connectivity index (χ2n) is 4.74. The summed E-state index contributed by atoms with van der Waals surface area (Å²) in [6.07, 6.45) is 3.03. The van der Waals surface area contributed by atoms with E-state index in [9.17, 15) is 0 Å². The first-order valence-corrected chi connectivity index (χ1v) is 8.14.